The van der Waals surface area contributed by atoms with Crippen LogP contribution in [0.5, 0.6) is 0 Å². The highest BCUT2D eigenvalue weighted by Gasteiger charge is 2.34. The number of hydrogen-bond donors (Lipinski definition) is 1. The van der Waals surface area contributed by atoms with E-state index in [1.165, 1.54) is 11.3 Å². The summed E-state index contributed by atoms with van der Waals surface area (Å²) in [7, 11) is 0. The van der Waals surface area contributed by atoms with Gasteiger partial charge in [0.2, 0.25) is 16.9 Å². The molecule has 1 N–H and O–H groups in total. The van der Waals surface area contributed by atoms with Gasteiger partial charge < -0.3 is 10.2 Å². The van der Waals surface area contributed by atoms with Crippen molar-refractivity contribution in [3.05, 3.63) is 57.2 Å². The smallest absolute Gasteiger partial charge is 0.231 e. The molecule has 0 radical (unpaired) electrons. The summed E-state index contributed by atoms with van der Waals surface area (Å²) >= 11 is 2.90. The second kappa shape index (κ2) is 7.58. The van der Waals surface area contributed by atoms with Gasteiger partial charge in [-0.1, -0.05) is 35.6 Å². The van der Waals surface area contributed by atoms with Crippen molar-refractivity contribution in [1.82, 2.24) is 10.2 Å². The first kappa shape index (κ1) is 17.8. The van der Waals surface area contributed by atoms with Gasteiger partial charge in [0.1, 0.15) is 5.01 Å². The fourth-order valence-electron chi connectivity index (χ4n) is 3.16. The van der Waals surface area contributed by atoms with Crippen LogP contribution in [0, 0.1) is 6.92 Å². The lowest BCUT2D eigenvalue weighted by molar-refractivity contribution is -0.117. The van der Waals surface area contributed by atoms with Crippen LogP contribution in [0.1, 0.15) is 27.8 Å². The maximum Gasteiger partial charge on any atom is 0.231 e. The Kier molecular flexibility index (Phi) is 5.00. The van der Waals surface area contributed by atoms with Gasteiger partial charge in [-0.05, 0) is 30.0 Å². The van der Waals surface area contributed by atoms with Crippen LogP contribution in [0.25, 0.3) is 0 Å². The largest absolute Gasteiger partial charge is 0.311 e. The Morgan fingerprint density at radius 1 is 1.26 bits per heavy atom. The van der Waals surface area contributed by atoms with Crippen molar-refractivity contribution in [1.29, 1.82) is 0 Å². The molecular weight excluding hydrogens is 380 g/mol. The molecule has 6 nitrogen and oxygen atoms in total. The lowest BCUT2D eigenvalue weighted by atomic mass is 10.1. The molecule has 0 aliphatic carbocycles. The molecule has 1 saturated heterocycles. The Morgan fingerprint density at radius 3 is 2.89 bits per heavy atom. The number of aryl methyl sites for hydroxylation is 1. The number of amides is 2. The average molecular weight is 399 g/mol. The summed E-state index contributed by atoms with van der Waals surface area (Å²) in [6.45, 7) is 2.59. The van der Waals surface area contributed by atoms with Crippen LogP contribution in [0.15, 0.2) is 41.8 Å². The third kappa shape index (κ3) is 3.91. The van der Waals surface area contributed by atoms with E-state index in [1.807, 2.05) is 53.6 Å². The van der Waals surface area contributed by atoms with Crippen molar-refractivity contribution in [2.75, 3.05) is 16.8 Å². The minimum absolute atomic E-state index is 0.00226. The van der Waals surface area contributed by atoms with Gasteiger partial charge in [-0.25, -0.2) is 0 Å². The lowest BCUT2D eigenvalue weighted by Crippen LogP contribution is -2.25. The number of thiophene rings is 1. The number of nitrogens with one attached hydrogen (secondary N) is 1. The summed E-state index contributed by atoms with van der Waals surface area (Å²) in [5.41, 5.74) is 2.02. The maximum absolute atomic E-state index is 12.5. The molecule has 1 atom stereocenters. The quantitative estimate of drug-likeness (QED) is 0.712. The summed E-state index contributed by atoms with van der Waals surface area (Å²) < 4.78 is 0. The van der Waals surface area contributed by atoms with E-state index in [1.54, 1.807) is 11.3 Å². The third-order valence-corrected chi connectivity index (χ3v) is 6.36. The van der Waals surface area contributed by atoms with Crippen LogP contribution in [0.3, 0.4) is 0 Å². The number of benzene rings is 1. The van der Waals surface area contributed by atoms with E-state index in [2.05, 4.69) is 15.5 Å². The SMILES string of the molecule is Cc1ccccc1N1CC(c2nnc(NC(=O)Cc3cccs3)s2)CC1=O. The molecule has 27 heavy (non-hydrogen) atoms. The van der Waals surface area contributed by atoms with Gasteiger partial charge in [-0.2, -0.15) is 0 Å². The molecule has 3 heterocycles. The number of para-hydroxylation sites is 1. The van der Waals surface area contributed by atoms with Gasteiger partial charge in [0, 0.05) is 29.4 Å². The van der Waals surface area contributed by atoms with Crippen molar-refractivity contribution in [2.24, 2.45) is 0 Å². The van der Waals surface area contributed by atoms with E-state index in [9.17, 15) is 9.59 Å². The Morgan fingerprint density at radius 2 is 2.11 bits per heavy atom. The molecule has 4 rings (SSSR count). The first-order valence-corrected chi connectivity index (χ1v) is 10.3. The molecule has 8 heteroatoms. The van der Waals surface area contributed by atoms with E-state index in [-0.39, 0.29) is 17.7 Å². The minimum Gasteiger partial charge on any atom is -0.311 e. The van der Waals surface area contributed by atoms with E-state index < -0.39 is 0 Å². The number of rotatable bonds is 5. The fraction of sp³-hybridized carbons (Fsp3) is 0.263. The maximum atomic E-state index is 12.5. The highest BCUT2D eigenvalue weighted by Crippen LogP contribution is 2.35. The predicted octanol–water partition coefficient (Wildman–Crippen LogP) is 3.61. The molecule has 138 valence electrons. The number of carbonyl (C=O) groups is 2. The van der Waals surface area contributed by atoms with Crippen molar-refractivity contribution in [2.45, 2.75) is 25.7 Å². The summed E-state index contributed by atoms with van der Waals surface area (Å²) in [4.78, 5) is 27.4. The molecular formula is C19H18N4O2S2. The van der Waals surface area contributed by atoms with E-state index in [4.69, 9.17) is 0 Å². The zero-order chi connectivity index (χ0) is 18.8. The summed E-state index contributed by atoms with van der Waals surface area (Å²) in [5, 5.41) is 14.3. The van der Waals surface area contributed by atoms with Gasteiger partial charge >= 0.3 is 0 Å². The molecule has 3 aromatic rings. The summed E-state index contributed by atoms with van der Waals surface area (Å²) in [6, 6.07) is 11.7. The molecule has 1 unspecified atom stereocenters. The zero-order valence-electron chi connectivity index (χ0n) is 14.7. The van der Waals surface area contributed by atoms with Crippen molar-refractivity contribution in [3.63, 3.8) is 0 Å². The lowest BCUT2D eigenvalue weighted by Gasteiger charge is -2.18. The monoisotopic (exact) mass is 398 g/mol. The van der Waals surface area contributed by atoms with Crippen LogP contribution in [-0.4, -0.2) is 28.6 Å². The van der Waals surface area contributed by atoms with E-state index in [0.717, 1.165) is 21.1 Å². The van der Waals surface area contributed by atoms with Crippen molar-refractivity contribution < 1.29 is 9.59 Å². The summed E-state index contributed by atoms with van der Waals surface area (Å²) in [6.07, 6.45) is 0.738. The Labute approximate surface area is 164 Å². The topological polar surface area (TPSA) is 75.2 Å². The summed E-state index contributed by atoms with van der Waals surface area (Å²) in [5.74, 6) is -0.0190. The van der Waals surface area contributed by atoms with Crippen molar-refractivity contribution >= 4 is 45.3 Å². The van der Waals surface area contributed by atoms with Gasteiger partial charge in [-0.3, -0.25) is 9.59 Å². The first-order chi connectivity index (χ1) is 13.1. The molecule has 0 spiro atoms. The predicted molar refractivity (Wildman–Crippen MR) is 107 cm³/mol. The molecule has 2 aromatic heterocycles. The molecule has 0 bridgehead atoms. The van der Waals surface area contributed by atoms with E-state index in [0.29, 0.717) is 24.5 Å². The first-order valence-electron chi connectivity index (χ1n) is 8.62. The van der Waals surface area contributed by atoms with Gasteiger partial charge in [0.25, 0.3) is 0 Å². The van der Waals surface area contributed by atoms with Crippen LogP contribution >= 0.6 is 22.7 Å². The van der Waals surface area contributed by atoms with Gasteiger partial charge in [0.05, 0.1) is 6.42 Å². The van der Waals surface area contributed by atoms with Crippen LogP contribution in [-0.2, 0) is 16.0 Å². The highest BCUT2D eigenvalue weighted by molar-refractivity contribution is 7.15. The minimum atomic E-state index is -0.107. The second-order valence-electron chi connectivity index (χ2n) is 6.44. The van der Waals surface area contributed by atoms with E-state index >= 15 is 0 Å². The second-order valence-corrected chi connectivity index (χ2v) is 8.48. The third-order valence-electron chi connectivity index (χ3n) is 4.48. The number of aromatic nitrogens is 2. The molecule has 1 aromatic carbocycles. The number of hydrogen-bond acceptors (Lipinski definition) is 6. The standard InChI is InChI=1S/C19H18N4O2S2/c1-12-5-2-3-7-15(12)23-11-13(9-17(23)25)18-21-22-19(27-18)20-16(24)10-14-6-4-8-26-14/h2-8,13H,9-11H2,1H3,(H,20,22,24). The molecule has 1 aliphatic heterocycles. The normalized spacial score (nSPS) is 16.7. The fourth-order valence-corrected chi connectivity index (χ4v) is 4.71. The van der Waals surface area contributed by atoms with Crippen molar-refractivity contribution in [3.8, 4) is 0 Å². The van der Waals surface area contributed by atoms with Gasteiger partial charge in [-0.15, -0.1) is 21.5 Å². The Balaban J connectivity index is 1.42. The molecule has 1 fully saturated rings. The number of nitrogens with zero attached hydrogens (tertiary/aromatic N) is 3. The van der Waals surface area contributed by atoms with Crippen LogP contribution in [0.2, 0.25) is 0 Å². The molecule has 2 amide bonds. The molecule has 0 saturated carbocycles. The molecule has 1 aliphatic rings. The van der Waals surface area contributed by atoms with Crippen LogP contribution in [0.4, 0.5) is 10.8 Å². The van der Waals surface area contributed by atoms with Crippen LogP contribution < -0.4 is 10.2 Å². The average Bonchev–Trinajstić information content (AvgIpc) is 3.37. The highest BCUT2D eigenvalue weighted by atomic mass is 32.1. The Bertz CT molecular complexity index is 968. The zero-order valence-corrected chi connectivity index (χ0v) is 16.3. The van der Waals surface area contributed by atoms with Gasteiger partial charge in [0.15, 0.2) is 0 Å². The Hall–Kier alpha value is -2.58. The number of anilines is 2. The number of carbonyl (C=O) groups excluding carboxylic acids is 2.